The Bertz CT molecular complexity index is 1130. The molecule has 0 fully saturated rings. The Hall–Kier alpha value is -3.55. The fraction of sp³-hybridized carbons (Fsp3) is 0.158. The van der Waals surface area contributed by atoms with E-state index in [0.717, 1.165) is 11.3 Å². The molecule has 0 saturated heterocycles. The Kier molecular flexibility index (Phi) is 4.15. The maximum atomic E-state index is 13.2. The molecule has 7 nitrogen and oxygen atoms in total. The number of carbonyl (C=O) groups excluding carboxylic acids is 1. The summed E-state index contributed by atoms with van der Waals surface area (Å²) in [6, 6.07) is 11.2. The van der Waals surface area contributed by atoms with E-state index in [-0.39, 0.29) is 11.5 Å². The summed E-state index contributed by atoms with van der Waals surface area (Å²) < 4.78 is 21.3. The number of carbonyl (C=O) groups is 1. The highest BCUT2D eigenvalue weighted by molar-refractivity contribution is 5.89. The fourth-order valence-electron chi connectivity index (χ4n) is 2.92. The topological polar surface area (TPSA) is 74.3 Å². The molecular formula is C19H16FN5O2. The molecule has 0 aliphatic heterocycles. The molecule has 0 aliphatic rings. The molecule has 0 N–H and O–H groups in total. The van der Waals surface area contributed by atoms with Gasteiger partial charge in [0.2, 0.25) is 0 Å². The normalized spacial score (nSPS) is 11.1. The van der Waals surface area contributed by atoms with Crippen molar-refractivity contribution >= 4 is 11.6 Å². The zero-order valence-corrected chi connectivity index (χ0v) is 14.8. The summed E-state index contributed by atoms with van der Waals surface area (Å²) >= 11 is 0. The number of ether oxygens (including phenoxy) is 1. The zero-order valence-electron chi connectivity index (χ0n) is 14.8. The zero-order chi connectivity index (χ0) is 19.0. The number of nitrogens with zero attached hydrogens (tertiary/aromatic N) is 5. The van der Waals surface area contributed by atoms with Gasteiger partial charge in [0.25, 0.3) is 0 Å². The van der Waals surface area contributed by atoms with E-state index < -0.39 is 5.97 Å². The van der Waals surface area contributed by atoms with Crippen LogP contribution in [-0.4, -0.2) is 37.5 Å². The Morgan fingerprint density at radius 3 is 2.63 bits per heavy atom. The summed E-state index contributed by atoms with van der Waals surface area (Å²) in [7, 11) is 1.31. The lowest BCUT2D eigenvalue weighted by Crippen LogP contribution is -2.11. The first-order chi connectivity index (χ1) is 13.1. The molecule has 0 bridgehead atoms. The molecule has 0 atom stereocenters. The number of methoxy groups -OCH3 is 1. The molecule has 27 heavy (non-hydrogen) atoms. The van der Waals surface area contributed by atoms with E-state index in [1.807, 2.05) is 13.0 Å². The Morgan fingerprint density at radius 1 is 1.15 bits per heavy atom. The third kappa shape index (κ3) is 2.95. The lowest BCUT2D eigenvalue weighted by Gasteiger charge is -2.08. The number of hydrogen-bond donors (Lipinski definition) is 0. The van der Waals surface area contributed by atoms with Gasteiger partial charge in [0.1, 0.15) is 5.82 Å². The number of fused-ring (bicyclic) bond motifs is 1. The quantitative estimate of drug-likeness (QED) is 0.519. The van der Waals surface area contributed by atoms with Crippen LogP contribution in [0.5, 0.6) is 0 Å². The van der Waals surface area contributed by atoms with E-state index in [1.54, 1.807) is 35.1 Å². The van der Waals surface area contributed by atoms with E-state index in [1.165, 1.54) is 23.8 Å². The summed E-state index contributed by atoms with van der Waals surface area (Å²) in [6.45, 7) is 2.64. The first-order valence-corrected chi connectivity index (χ1v) is 8.38. The van der Waals surface area contributed by atoms with Gasteiger partial charge in [-0.15, -0.1) is 0 Å². The minimum atomic E-state index is -0.528. The maximum Gasteiger partial charge on any atom is 0.356 e. The Balaban J connectivity index is 1.93. The maximum absolute atomic E-state index is 13.2. The monoisotopic (exact) mass is 365 g/mol. The molecule has 4 aromatic rings. The number of aromatic nitrogens is 5. The molecule has 0 radical (unpaired) electrons. The van der Waals surface area contributed by atoms with Crippen LogP contribution in [-0.2, 0) is 11.3 Å². The van der Waals surface area contributed by atoms with Crippen molar-refractivity contribution in [1.82, 2.24) is 24.4 Å². The van der Waals surface area contributed by atoms with Crippen LogP contribution in [0, 0.1) is 5.82 Å². The largest absolute Gasteiger partial charge is 0.464 e. The molecule has 0 spiro atoms. The fourth-order valence-corrected chi connectivity index (χ4v) is 2.92. The summed E-state index contributed by atoms with van der Waals surface area (Å²) in [5.41, 5.74) is 3.40. The second-order valence-electron chi connectivity index (χ2n) is 5.86. The van der Waals surface area contributed by atoms with Crippen LogP contribution in [0.2, 0.25) is 0 Å². The van der Waals surface area contributed by atoms with Gasteiger partial charge in [0.15, 0.2) is 11.3 Å². The smallest absolute Gasteiger partial charge is 0.356 e. The van der Waals surface area contributed by atoms with E-state index >= 15 is 0 Å². The van der Waals surface area contributed by atoms with Gasteiger partial charge in [-0.25, -0.2) is 18.7 Å². The van der Waals surface area contributed by atoms with Gasteiger partial charge < -0.3 is 4.74 Å². The highest BCUT2D eigenvalue weighted by atomic mass is 19.1. The second kappa shape index (κ2) is 6.64. The molecular weight excluding hydrogens is 349 g/mol. The SMILES string of the molecule is CCn1nccc1-c1cc(C(=O)OC)n2nc(-c3ccc(F)cc3)cc2n1. The van der Waals surface area contributed by atoms with Crippen LogP contribution in [0.3, 0.4) is 0 Å². The predicted molar refractivity (Wildman–Crippen MR) is 96.6 cm³/mol. The molecule has 3 heterocycles. The van der Waals surface area contributed by atoms with Crippen molar-refractivity contribution in [3.63, 3.8) is 0 Å². The molecule has 8 heteroatoms. The molecule has 136 valence electrons. The summed E-state index contributed by atoms with van der Waals surface area (Å²) in [5.74, 6) is -0.856. The van der Waals surface area contributed by atoms with E-state index in [9.17, 15) is 9.18 Å². The van der Waals surface area contributed by atoms with E-state index in [2.05, 4.69) is 15.2 Å². The molecule has 0 saturated carbocycles. The van der Waals surface area contributed by atoms with Gasteiger partial charge in [-0.2, -0.15) is 10.2 Å². The second-order valence-corrected chi connectivity index (χ2v) is 5.86. The molecule has 4 rings (SSSR count). The lowest BCUT2D eigenvalue weighted by atomic mass is 10.1. The van der Waals surface area contributed by atoms with Gasteiger partial charge in [0, 0.05) is 24.4 Å². The van der Waals surface area contributed by atoms with Crippen LogP contribution in [0.15, 0.2) is 48.7 Å². The van der Waals surface area contributed by atoms with Gasteiger partial charge in [-0.1, -0.05) is 0 Å². The van der Waals surface area contributed by atoms with Crippen LogP contribution >= 0.6 is 0 Å². The highest BCUT2D eigenvalue weighted by Gasteiger charge is 2.18. The number of benzene rings is 1. The summed E-state index contributed by atoms with van der Waals surface area (Å²) in [6.07, 6.45) is 1.68. The molecule has 3 aromatic heterocycles. The molecule has 0 unspecified atom stereocenters. The van der Waals surface area contributed by atoms with Crippen molar-refractivity contribution in [2.45, 2.75) is 13.5 Å². The van der Waals surface area contributed by atoms with Crippen LogP contribution < -0.4 is 0 Å². The lowest BCUT2D eigenvalue weighted by molar-refractivity contribution is 0.0590. The summed E-state index contributed by atoms with van der Waals surface area (Å²) in [5, 5.41) is 8.70. The van der Waals surface area contributed by atoms with Crippen molar-refractivity contribution < 1.29 is 13.9 Å². The van der Waals surface area contributed by atoms with Crippen molar-refractivity contribution in [1.29, 1.82) is 0 Å². The van der Waals surface area contributed by atoms with E-state index in [0.29, 0.717) is 23.6 Å². The Labute approximate surface area is 154 Å². The molecule has 0 amide bonds. The standard InChI is InChI=1S/C19H16FN5O2/c1-3-24-16(8-9-21-24)15-10-17(19(26)27-2)25-18(22-15)11-14(23-25)12-4-6-13(20)7-5-12/h4-11H,3H2,1-2H3. The van der Waals surface area contributed by atoms with Gasteiger partial charge in [-0.05, 0) is 43.3 Å². The number of halogens is 1. The first-order valence-electron chi connectivity index (χ1n) is 8.38. The van der Waals surface area contributed by atoms with Gasteiger partial charge >= 0.3 is 5.97 Å². The third-order valence-corrected chi connectivity index (χ3v) is 4.24. The van der Waals surface area contributed by atoms with Crippen molar-refractivity contribution in [2.75, 3.05) is 7.11 Å². The summed E-state index contributed by atoms with van der Waals surface area (Å²) in [4.78, 5) is 16.9. The number of rotatable bonds is 4. The molecule has 1 aromatic carbocycles. The molecule has 0 aliphatic carbocycles. The number of aryl methyl sites for hydroxylation is 1. The van der Waals surface area contributed by atoms with Crippen molar-refractivity contribution in [2.24, 2.45) is 0 Å². The third-order valence-electron chi connectivity index (χ3n) is 4.24. The highest BCUT2D eigenvalue weighted by Crippen LogP contribution is 2.24. The first kappa shape index (κ1) is 16.9. The van der Waals surface area contributed by atoms with Crippen molar-refractivity contribution in [3.8, 4) is 22.6 Å². The van der Waals surface area contributed by atoms with Crippen LogP contribution in [0.25, 0.3) is 28.3 Å². The number of hydrogen-bond acceptors (Lipinski definition) is 5. The van der Waals surface area contributed by atoms with Crippen LogP contribution in [0.4, 0.5) is 4.39 Å². The van der Waals surface area contributed by atoms with Gasteiger partial charge in [-0.3, -0.25) is 4.68 Å². The number of esters is 1. The average molecular weight is 365 g/mol. The van der Waals surface area contributed by atoms with Crippen molar-refractivity contribution in [3.05, 3.63) is 60.2 Å². The average Bonchev–Trinajstić information content (AvgIpc) is 3.33. The van der Waals surface area contributed by atoms with Gasteiger partial charge in [0.05, 0.1) is 24.2 Å². The minimum Gasteiger partial charge on any atom is -0.464 e. The van der Waals surface area contributed by atoms with E-state index in [4.69, 9.17) is 4.74 Å². The predicted octanol–water partition coefficient (Wildman–Crippen LogP) is 3.21. The Morgan fingerprint density at radius 2 is 1.93 bits per heavy atom. The minimum absolute atomic E-state index is 0.245. The van der Waals surface area contributed by atoms with Crippen LogP contribution in [0.1, 0.15) is 17.4 Å².